The fourth-order valence-corrected chi connectivity index (χ4v) is 1.85. The van der Waals surface area contributed by atoms with Crippen LogP contribution in [0.15, 0.2) is 16.8 Å². The molecule has 1 N–H and O–H groups in total. The van der Waals surface area contributed by atoms with Crippen molar-refractivity contribution in [2.24, 2.45) is 5.92 Å². The van der Waals surface area contributed by atoms with E-state index < -0.39 is 11.9 Å². The molecule has 1 saturated heterocycles. The van der Waals surface area contributed by atoms with E-state index >= 15 is 0 Å². The maximum Gasteiger partial charge on any atom is 0.308 e. The van der Waals surface area contributed by atoms with Crippen molar-refractivity contribution < 1.29 is 19.2 Å². The summed E-state index contributed by atoms with van der Waals surface area (Å²) in [5.41, 5.74) is 0. The molecule has 1 fully saturated rings. The first-order valence-electron chi connectivity index (χ1n) is 5.11. The van der Waals surface area contributed by atoms with E-state index in [0.717, 1.165) is 0 Å². The van der Waals surface area contributed by atoms with Crippen molar-refractivity contribution >= 4 is 11.9 Å². The Balaban J connectivity index is 2.05. The molecular weight excluding hydrogens is 212 g/mol. The highest BCUT2D eigenvalue weighted by atomic mass is 16.5. The number of aliphatic carboxylic acids is 1. The maximum atomic E-state index is 11.8. The third kappa shape index (κ3) is 2.05. The predicted molar refractivity (Wildman–Crippen MR) is 52.8 cm³/mol. The molecule has 0 unspecified atom stereocenters. The largest absolute Gasteiger partial charge is 0.481 e. The Morgan fingerprint density at radius 1 is 1.56 bits per heavy atom. The minimum Gasteiger partial charge on any atom is -0.481 e. The van der Waals surface area contributed by atoms with Gasteiger partial charge < -0.3 is 14.5 Å². The van der Waals surface area contributed by atoms with Crippen LogP contribution in [0, 0.1) is 5.92 Å². The van der Waals surface area contributed by atoms with Crippen molar-refractivity contribution in [2.75, 3.05) is 13.1 Å². The van der Waals surface area contributed by atoms with Crippen LogP contribution in [0.4, 0.5) is 0 Å². The summed E-state index contributed by atoms with van der Waals surface area (Å²) < 4.78 is 4.76. The maximum absolute atomic E-state index is 11.8. The molecule has 1 aromatic heterocycles. The molecule has 1 aliphatic rings. The quantitative estimate of drug-likeness (QED) is 0.795. The van der Waals surface area contributed by atoms with Crippen LogP contribution in [-0.2, 0) is 4.79 Å². The van der Waals surface area contributed by atoms with Gasteiger partial charge in [-0.1, -0.05) is 5.16 Å². The Morgan fingerprint density at radius 2 is 2.38 bits per heavy atom. The van der Waals surface area contributed by atoms with Gasteiger partial charge in [0.2, 0.25) is 5.76 Å². The van der Waals surface area contributed by atoms with Gasteiger partial charge in [0.25, 0.3) is 5.91 Å². The number of carboxylic acids is 1. The summed E-state index contributed by atoms with van der Waals surface area (Å²) in [6, 6.07) is 1.48. The molecule has 1 amide bonds. The first-order chi connectivity index (χ1) is 7.68. The minimum atomic E-state index is -0.852. The van der Waals surface area contributed by atoms with Gasteiger partial charge in [-0.15, -0.1) is 0 Å². The lowest BCUT2D eigenvalue weighted by Crippen LogP contribution is -2.42. The SMILES string of the molecule is O=C(O)[C@@H]1CCCN(C(=O)c2ccno2)C1. The minimum absolute atomic E-state index is 0.158. The summed E-state index contributed by atoms with van der Waals surface area (Å²) in [4.78, 5) is 24.2. The van der Waals surface area contributed by atoms with E-state index in [-0.39, 0.29) is 18.2 Å². The van der Waals surface area contributed by atoms with Gasteiger partial charge in [-0.3, -0.25) is 9.59 Å². The molecule has 0 spiro atoms. The Labute approximate surface area is 91.8 Å². The fraction of sp³-hybridized carbons (Fsp3) is 0.500. The van der Waals surface area contributed by atoms with E-state index in [1.54, 1.807) is 0 Å². The molecule has 1 atom stereocenters. The van der Waals surface area contributed by atoms with Crippen molar-refractivity contribution in [1.82, 2.24) is 10.1 Å². The topological polar surface area (TPSA) is 83.6 Å². The van der Waals surface area contributed by atoms with Gasteiger partial charge >= 0.3 is 5.97 Å². The number of carbonyl (C=O) groups is 2. The third-order valence-corrected chi connectivity index (χ3v) is 2.71. The highest BCUT2D eigenvalue weighted by Gasteiger charge is 2.29. The van der Waals surface area contributed by atoms with Crippen LogP contribution in [0.5, 0.6) is 0 Å². The van der Waals surface area contributed by atoms with Gasteiger partial charge in [0.1, 0.15) is 0 Å². The van der Waals surface area contributed by atoms with E-state index in [1.165, 1.54) is 17.2 Å². The highest BCUT2D eigenvalue weighted by molar-refractivity contribution is 5.91. The predicted octanol–water partition coefficient (Wildman–Crippen LogP) is 0.611. The molecule has 0 aromatic carbocycles. The molecule has 0 saturated carbocycles. The van der Waals surface area contributed by atoms with Gasteiger partial charge in [-0.05, 0) is 12.8 Å². The van der Waals surface area contributed by atoms with E-state index in [4.69, 9.17) is 9.63 Å². The van der Waals surface area contributed by atoms with Crippen LogP contribution in [0.2, 0.25) is 0 Å². The van der Waals surface area contributed by atoms with Gasteiger partial charge in [-0.25, -0.2) is 0 Å². The number of piperidine rings is 1. The number of nitrogens with zero attached hydrogens (tertiary/aromatic N) is 2. The van der Waals surface area contributed by atoms with Crippen molar-refractivity contribution in [3.05, 3.63) is 18.0 Å². The number of hydrogen-bond donors (Lipinski definition) is 1. The Kier molecular flexibility index (Phi) is 2.89. The molecule has 16 heavy (non-hydrogen) atoms. The molecule has 1 aromatic rings. The molecule has 2 heterocycles. The Bertz CT molecular complexity index is 388. The lowest BCUT2D eigenvalue weighted by molar-refractivity contribution is -0.143. The van der Waals surface area contributed by atoms with E-state index in [9.17, 15) is 9.59 Å². The Hall–Kier alpha value is -1.85. The van der Waals surface area contributed by atoms with Crippen LogP contribution in [0.3, 0.4) is 0 Å². The van der Waals surface area contributed by atoms with Crippen LogP contribution in [0.1, 0.15) is 23.4 Å². The Morgan fingerprint density at radius 3 is 3.00 bits per heavy atom. The van der Waals surface area contributed by atoms with Gasteiger partial charge in [0.15, 0.2) is 0 Å². The van der Waals surface area contributed by atoms with E-state index in [0.29, 0.717) is 19.4 Å². The zero-order chi connectivity index (χ0) is 11.5. The molecule has 1 aliphatic heterocycles. The van der Waals surface area contributed by atoms with Crippen LogP contribution in [0.25, 0.3) is 0 Å². The summed E-state index contributed by atoms with van der Waals surface area (Å²) in [5.74, 6) is -1.45. The van der Waals surface area contributed by atoms with Gasteiger partial charge in [0, 0.05) is 19.2 Å². The molecule has 6 heteroatoms. The second-order valence-corrected chi connectivity index (χ2v) is 3.81. The summed E-state index contributed by atoms with van der Waals surface area (Å²) in [6.07, 6.45) is 2.72. The average Bonchev–Trinajstić information content (AvgIpc) is 2.81. The number of amides is 1. The number of rotatable bonds is 2. The number of likely N-dealkylation sites (tertiary alicyclic amines) is 1. The molecular formula is C10H12N2O4. The summed E-state index contributed by atoms with van der Waals surface area (Å²) in [5, 5.41) is 12.3. The number of hydrogen-bond acceptors (Lipinski definition) is 4. The molecule has 86 valence electrons. The summed E-state index contributed by atoms with van der Waals surface area (Å²) >= 11 is 0. The zero-order valence-electron chi connectivity index (χ0n) is 8.63. The van der Waals surface area contributed by atoms with Gasteiger partial charge in [-0.2, -0.15) is 0 Å². The average molecular weight is 224 g/mol. The molecule has 0 aliphatic carbocycles. The lowest BCUT2D eigenvalue weighted by Gasteiger charge is -2.29. The summed E-state index contributed by atoms with van der Waals surface area (Å²) in [7, 11) is 0. The van der Waals surface area contributed by atoms with Crippen LogP contribution >= 0.6 is 0 Å². The molecule has 0 bridgehead atoms. The smallest absolute Gasteiger partial charge is 0.308 e. The van der Waals surface area contributed by atoms with Crippen LogP contribution in [-0.4, -0.2) is 40.1 Å². The number of carboxylic acid groups (broad SMARTS) is 1. The molecule has 0 radical (unpaired) electrons. The van der Waals surface area contributed by atoms with Crippen LogP contribution < -0.4 is 0 Å². The number of aromatic nitrogens is 1. The third-order valence-electron chi connectivity index (χ3n) is 2.71. The second-order valence-electron chi connectivity index (χ2n) is 3.81. The monoisotopic (exact) mass is 224 g/mol. The standard InChI is InChI=1S/C10H12N2O4/c13-9(8-3-4-11-16-8)12-5-1-2-7(6-12)10(14)15/h3-4,7H,1-2,5-6H2,(H,14,15)/t7-/m1/s1. The van der Waals surface area contributed by atoms with E-state index in [2.05, 4.69) is 5.16 Å². The van der Waals surface area contributed by atoms with Crippen molar-refractivity contribution in [3.8, 4) is 0 Å². The van der Waals surface area contributed by atoms with Crippen molar-refractivity contribution in [1.29, 1.82) is 0 Å². The first-order valence-corrected chi connectivity index (χ1v) is 5.11. The molecule has 2 rings (SSSR count). The second kappa shape index (κ2) is 4.34. The fourth-order valence-electron chi connectivity index (χ4n) is 1.85. The highest BCUT2D eigenvalue weighted by Crippen LogP contribution is 2.18. The lowest BCUT2D eigenvalue weighted by atomic mass is 9.98. The summed E-state index contributed by atoms with van der Waals surface area (Å²) in [6.45, 7) is 0.818. The van der Waals surface area contributed by atoms with Crippen molar-refractivity contribution in [3.63, 3.8) is 0 Å². The molecule has 6 nitrogen and oxygen atoms in total. The van der Waals surface area contributed by atoms with E-state index in [1.807, 2.05) is 0 Å². The zero-order valence-corrected chi connectivity index (χ0v) is 8.63. The van der Waals surface area contributed by atoms with Crippen molar-refractivity contribution in [2.45, 2.75) is 12.8 Å². The number of carbonyl (C=O) groups excluding carboxylic acids is 1. The normalized spacial score (nSPS) is 20.8. The van der Waals surface area contributed by atoms with Gasteiger partial charge in [0.05, 0.1) is 12.1 Å². The first kappa shape index (κ1) is 10.7.